The van der Waals surface area contributed by atoms with E-state index in [4.69, 9.17) is 0 Å². The zero-order valence-corrected chi connectivity index (χ0v) is 15.3. The molecule has 0 radical (unpaired) electrons. The molecule has 132 valence electrons. The lowest BCUT2D eigenvalue weighted by Crippen LogP contribution is -2.53. The number of pyridine rings is 1. The fourth-order valence-electron chi connectivity index (χ4n) is 3.71. The van der Waals surface area contributed by atoms with Gasteiger partial charge in [-0.1, -0.05) is 11.3 Å². The lowest BCUT2D eigenvalue weighted by atomic mass is 9.85. The summed E-state index contributed by atoms with van der Waals surface area (Å²) in [5.41, 5.74) is 0.941. The molecule has 1 fully saturated rings. The van der Waals surface area contributed by atoms with Gasteiger partial charge in [0.15, 0.2) is 16.6 Å². The van der Waals surface area contributed by atoms with Crippen LogP contribution < -0.4 is 10.2 Å². The second-order valence-electron chi connectivity index (χ2n) is 7.34. The highest BCUT2D eigenvalue weighted by Gasteiger charge is 2.51. The fraction of sp³-hybridized carbons (Fsp3) is 0.389. The number of rotatable bonds is 3. The van der Waals surface area contributed by atoms with Crippen LogP contribution in [0.2, 0.25) is 0 Å². The van der Waals surface area contributed by atoms with Crippen molar-refractivity contribution in [3.8, 4) is 0 Å². The van der Waals surface area contributed by atoms with Crippen LogP contribution in [0.1, 0.15) is 32.4 Å². The number of nitrogens with one attached hydrogen (secondary N) is 1. The van der Waals surface area contributed by atoms with Crippen LogP contribution in [0.5, 0.6) is 0 Å². The summed E-state index contributed by atoms with van der Waals surface area (Å²) in [6, 6.07) is 4.40. The van der Waals surface area contributed by atoms with Crippen LogP contribution in [-0.2, 0) is 10.2 Å². The first kappa shape index (κ1) is 15.6. The highest BCUT2D eigenvalue weighted by molar-refractivity contribution is 7.22. The maximum Gasteiger partial charge on any atom is 0.240 e. The highest BCUT2D eigenvalue weighted by atomic mass is 32.1. The van der Waals surface area contributed by atoms with Gasteiger partial charge < -0.3 is 5.32 Å². The first-order valence-corrected chi connectivity index (χ1v) is 9.49. The number of hydrogen-bond donors (Lipinski definition) is 1. The van der Waals surface area contributed by atoms with Crippen LogP contribution in [0, 0.1) is 0 Å². The number of aromatic nitrogens is 4. The smallest absolute Gasteiger partial charge is 0.240 e. The third-order valence-corrected chi connectivity index (χ3v) is 6.16. The van der Waals surface area contributed by atoms with E-state index in [-0.39, 0.29) is 11.9 Å². The molecule has 1 N–H and O–H groups in total. The standard InChI is InChI=1S/C18H18N6OS/c1-18(2)13-15(21-7-6-19-13)24(16(18)25)11-8-10(9-11)22-17-23-14-12(26-17)4-3-5-20-14/h3-7,10-11H,8-9H2,1-2H3,(H,20,22,23). The van der Waals surface area contributed by atoms with Gasteiger partial charge >= 0.3 is 0 Å². The molecule has 5 rings (SSSR count). The second kappa shape index (κ2) is 5.44. The molecule has 0 unspecified atom stereocenters. The first-order valence-electron chi connectivity index (χ1n) is 8.67. The summed E-state index contributed by atoms with van der Waals surface area (Å²) in [7, 11) is 0. The number of hydrogen-bond acceptors (Lipinski definition) is 7. The van der Waals surface area contributed by atoms with Gasteiger partial charge in [-0.3, -0.25) is 14.7 Å². The quantitative estimate of drug-likeness (QED) is 0.767. The van der Waals surface area contributed by atoms with E-state index in [1.165, 1.54) is 0 Å². The highest BCUT2D eigenvalue weighted by Crippen LogP contribution is 2.43. The Morgan fingerprint density at radius 3 is 2.81 bits per heavy atom. The summed E-state index contributed by atoms with van der Waals surface area (Å²) in [5, 5.41) is 4.36. The van der Waals surface area contributed by atoms with E-state index < -0.39 is 5.41 Å². The van der Waals surface area contributed by atoms with Gasteiger partial charge in [-0.2, -0.15) is 0 Å². The van der Waals surface area contributed by atoms with Crippen molar-refractivity contribution in [2.24, 2.45) is 0 Å². The third-order valence-electron chi connectivity index (χ3n) is 5.22. The summed E-state index contributed by atoms with van der Waals surface area (Å²) in [4.78, 5) is 32.4. The topological polar surface area (TPSA) is 83.9 Å². The molecule has 0 atom stereocenters. The first-order chi connectivity index (χ1) is 12.5. The van der Waals surface area contributed by atoms with Gasteiger partial charge in [0, 0.05) is 30.7 Å². The number of thiazole rings is 1. The molecule has 0 bridgehead atoms. The molecule has 0 spiro atoms. The molecule has 4 heterocycles. The monoisotopic (exact) mass is 366 g/mol. The third kappa shape index (κ3) is 2.21. The van der Waals surface area contributed by atoms with E-state index >= 15 is 0 Å². The van der Waals surface area contributed by atoms with Crippen LogP contribution in [0.4, 0.5) is 10.9 Å². The van der Waals surface area contributed by atoms with Crippen molar-refractivity contribution in [1.29, 1.82) is 0 Å². The predicted octanol–water partition coefficient (Wildman–Crippen LogP) is 2.75. The van der Waals surface area contributed by atoms with Crippen molar-refractivity contribution in [1.82, 2.24) is 19.9 Å². The molecule has 3 aromatic heterocycles. The SMILES string of the molecule is CC1(C)C(=O)N(C2CC(Nc3nc4ncccc4s3)C2)c2nccnc21. The molecule has 1 aliphatic carbocycles. The Morgan fingerprint density at radius 1 is 1.19 bits per heavy atom. The minimum Gasteiger partial charge on any atom is -0.359 e. The molecular formula is C18H18N6OS. The molecule has 1 amide bonds. The molecule has 1 saturated carbocycles. The molecule has 26 heavy (non-hydrogen) atoms. The molecule has 8 heteroatoms. The fourth-order valence-corrected chi connectivity index (χ4v) is 4.61. The zero-order valence-electron chi connectivity index (χ0n) is 14.5. The lowest BCUT2D eigenvalue weighted by Gasteiger charge is -2.41. The summed E-state index contributed by atoms with van der Waals surface area (Å²) in [6.45, 7) is 3.84. The summed E-state index contributed by atoms with van der Waals surface area (Å²) < 4.78 is 1.08. The van der Waals surface area contributed by atoms with Gasteiger partial charge in [0.2, 0.25) is 5.91 Å². The van der Waals surface area contributed by atoms with Gasteiger partial charge in [0.1, 0.15) is 0 Å². The normalized spacial score (nSPS) is 23.8. The van der Waals surface area contributed by atoms with Crippen molar-refractivity contribution in [3.05, 3.63) is 36.4 Å². The van der Waals surface area contributed by atoms with E-state index in [1.54, 1.807) is 29.9 Å². The number of amides is 1. The number of fused-ring (bicyclic) bond motifs is 2. The average Bonchev–Trinajstić information content (AvgIpc) is 3.09. The number of carbonyl (C=O) groups excluding carboxylic acids is 1. The molecule has 0 aromatic carbocycles. The Labute approximate surface area is 154 Å². The van der Waals surface area contributed by atoms with Gasteiger partial charge in [0.25, 0.3) is 0 Å². The van der Waals surface area contributed by atoms with Crippen molar-refractivity contribution < 1.29 is 4.79 Å². The molecular weight excluding hydrogens is 348 g/mol. The van der Waals surface area contributed by atoms with Crippen LogP contribution in [0.25, 0.3) is 10.3 Å². The van der Waals surface area contributed by atoms with Gasteiger partial charge in [-0.15, -0.1) is 0 Å². The minimum atomic E-state index is -0.610. The number of anilines is 2. The Bertz CT molecular complexity index is 977. The van der Waals surface area contributed by atoms with Crippen LogP contribution in [0.3, 0.4) is 0 Å². The van der Waals surface area contributed by atoms with Crippen molar-refractivity contribution in [3.63, 3.8) is 0 Å². The minimum absolute atomic E-state index is 0.0892. The van der Waals surface area contributed by atoms with E-state index in [2.05, 4.69) is 25.3 Å². The Hall–Kier alpha value is -2.61. The molecule has 1 aliphatic heterocycles. The summed E-state index contributed by atoms with van der Waals surface area (Å²) >= 11 is 1.61. The van der Waals surface area contributed by atoms with Gasteiger partial charge in [-0.25, -0.2) is 15.0 Å². The van der Waals surface area contributed by atoms with E-state index in [1.807, 2.05) is 30.9 Å². The average molecular weight is 366 g/mol. The molecule has 3 aromatic rings. The summed E-state index contributed by atoms with van der Waals surface area (Å²) in [6.07, 6.45) is 6.82. The lowest BCUT2D eigenvalue weighted by molar-refractivity contribution is -0.123. The van der Waals surface area contributed by atoms with Crippen LogP contribution >= 0.6 is 11.3 Å². The zero-order chi connectivity index (χ0) is 17.9. The molecule has 7 nitrogen and oxygen atoms in total. The maximum atomic E-state index is 12.9. The molecule has 2 aliphatic rings. The van der Waals surface area contributed by atoms with Crippen LogP contribution in [0.15, 0.2) is 30.7 Å². The second-order valence-corrected chi connectivity index (χ2v) is 8.37. The Kier molecular flexibility index (Phi) is 3.27. The van der Waals surface area contributed by atoms with E-state index in [0.29, 0.717) is 6.04 Å². The maximum absolute atomic E-state index is 12.9. The summed E-state index contributed by atoms with van der Waals surface area (Å²) in [5.74, 6) is 0.807. The number of nitrogens with zero attached hydrogens (tertiary/aromatic N) is 5. The predicted molar refractivity (Wildman–Crippen MR) is 100 cm³/mol. The number of carbonyl (C=O) groups is 1. The van der Waals surface area contributed by atoms with E-state index in [0.717, 1.165) is 39.8 Å². The van der Waals surface area contributed by atoms with Crippen molar-refractivity contribution >= 4 is 38.5 Å². The van der Waals surface area contributed by atoms with Crippen molar-refractivity contribution in [2.45, 2.75) is 44.2 Å². The Balaban J connectivity index is 1.32. The van der Waals surface area contributed by atoms with E-state index in [9.17, 15) is 4.79 Å². The largest absolute Gasteiger partial charge is 0.359 e. The Morgan fingerprint density at radius 2 is 2.00 bits per heavy atom. The van der Waals surface area contributed by atoms with Gasteiger partial charge in [-0.05, 0) is 38.8 Å². The van der Waals surface area contributed by atoms with Gasteiger partial charge in [0.05, 0.1) is 15.8 Å². The van der Waals surface area contributed by atoms with Crippen LogP contribution in [-0.4, -0.2) is 37.9 Å². The molecule has 0 saturated heterocycles. The van der Waals surface area contributed by atoms with Crippen molar-refractivity contribution in [2.75, 3.05) is 10.2 Å².